The topological polar surface area (TPSA) is 67.4 Å². The normalized spacial score (nSPS) is 10.4. The van der Waals surface area contributed by atoms with E-state index in [1.165, 1.54) is 7.11 Å². The molecule has 0 spiro atoms. The Labute approximate surface area is 148 Å². The molecule has 2 rings (SSSR count). The highest BCUT2D eigenvalue weighted by molar-refractivity contribution is 5.96. The van der Waals surface area contributed by atoms with Crippen molar-refractivity contribution in [2.24, 2.45) is 5.92 Å². The van der Waals surface area contributed by atoms with Crippen molar-refractivity contribution >= 4 is 28.9 Å². The van der Waals surface area contributed by atoms with Crippen molar-refractivity contribution in [2.45, 2.75) is 26.7 Å². The average Bonchev–Trinajstić information content (AvgIpc) is 2.64. The van der Waals surface area contributed by atoms with Gasteiger partial charge in [-0.2, -0.15) is 0 Å². The molecule has 0 heterocycles. The number of amides is 1. The molecule has 0 unspecified atom stereocenters. The number of hydrogen-bond donors (Lipinski definition) is 2. The third-order valence-corrected chi connectivity index (χ3v) is 4.12. The lowest BCUT2D eigenvalue weighted by Gasteiger charge is -2.14. The fraction of sp³-hybridized carbons (Fsp3) is 0.300. The van der Waals surface area contributed by atoms with E-state index in [0.717, 1.165) is 24.2 Å². The first-order valence-electron chi connectivity index (χ1n) is 8.44. The molecule has 5 nitrogen and oxygen atoms in total. The molecule has 0 aliphatic rings. The maximum Gasteiger partial charge on any atom is 0.339 e. The molecule has 2 N–H and O–H groups in total. The summed E-state index contributed by atoms with van der Waals surface area (Å²) < 4.78 is 4.79. The van der Waals surface area contributed by atoms with Crippen LogP contribution in [0.5, 0.6) is 0 Å². The summed E-state index contributed by atoms with van der Waals surface area (Å²) in [7, 11) is 1.36. The van der Waals surface area contributed by atoms with Crippen LogP contribution in [0.4, 0.5) is 17.1 Å². The Bertz CT molecular complexity index is 722. The van der Waals surface area contributed by atoms with Crippen LogP contribution in [0.1, 0.15) is 37.0 Å². The van der Waals surface area contributed by atoms with Gasteiger partial charge in [0.25, 0.3) is 0 Å². The van der Waals surface area contributed by atoms with Crippen LogP contribution in [0.2, 0.25) is 0 Å². The maximum atomic E-state index is 12.1. The zero-order valence-corrected chi connectivity index (χ0v) is 14.8. The molecule has 0 aliphatic heterocycles. The summed E-state index contributed by atoms with van der Waals surface area (Å²) in [6, 6.07) is 14.5. The van der Waals surface area contributed by atoms with Gasteiger partial charge in [0.2, 0.25) is 5.91 Å². The summed E-state index contributed by atoms with van der Waals surface area (Å²) in [5.41, 5.74) is 2.71. The smallest absolute Gasteiger partial charge is 0.339 e. The van der Waals surface area contributed by atoms with E-state index in [4.69, 9.17) is 4.74 Å². The first kappa shape index (κ1) is 18.5. The summed E-state index contributed by atoms with van der Waals surface area (Å²) in [6.07, 6.45) is 1.65. The molecule has 0 atom stereocenters. The Morgan fingerprint density at radius 1 is 0.960 bits per heavy atom. The summed E-state index contributed by atoms with van der Waals surface area (Å²) in [5, 5.41) is 6.13. The minimum Gasteiger partial charge on any atom is -0.465 e. The minimum absolute atomic E-state index is 0.0322. The van der Waals surface area contributed by atoms with Crippen molar-refractivity contribution in [2.75, 3.05) is 17.7 Å². The molecule has 0 aromatic heterocycles. The fourth-order valence-corrected chi connectivity index (χ4v) is 2.58. The predicted octanol–water partition coefficient (Wildman–Crippen LogP) is 4.59. The van der Waals surface area contributed by atoms with E-state index in [-0.39, 0.29) is 11.8 Å². The van der Waals surface area contributed by atoms with Crippen LogP contribution in [0.25, 0.3) is 0 Å². The van der Waals surface area contributed by atoms with Crippen molar-refractivity contribution in [3.8, 4) is 0 Å². The van der Waals surface area contributed by atoms with Crippen molar-refractivity contribution in [1.82, 2.24) is 0 Å². The summed E-state index contributed by atoms with van der Waals surface area (Å²) >= 11 is 0. The maximum absolute atomic E-state index is 12.1. The molecule has 5 heteroatoms. The molecule has 0 bridgehead atoms. The molecule has 25 heavy (non-hydrogen) atoms. The zero-order chi connectivity index (χ0) is 18.2. The third-order valence-electron chi connectivity index (χ3n) is 4.12. The number of methoxy groups -OCH3 is 1. The van der Waals surface area contributed by atoms with Gasteiger partial charge in [-0.3, -0.25) is 4.79 Å². The summed E-state index contributed by atoms with van der Waals surface area (Å²) in [5.74, 6) is -0.316. The largest absolute Gasteiger partial charge is 0.465 e. The van der Waals surface area contributed by atoms with Crippen molar-refractivity contribution in [3.63, 3.8) is 0 Å². The van der Waals surface area contributed by atoms with Crippen LogP contribution >= 0.6 is 0 Å². The number of nitrogens with one attached hydrogen (secondary N) is 2. The van der Waals surface area contributed by atoms with Gasteiger partial charge >= 0.3 is 5.97 Å². The highest BCUT2D eigenvalue weighted by atomic mass is 16.5. The minimum atomic E-state index is -0.392. The number of ether oxygens (including phenoxy) is 1. The van der Waals surface area contributed by atoms with Gasteiger partial charge in [-0.05, 0) is 49.2 Å². The van der Waals surface area contributed by atoms with Crippen LogP contribution in [0.3, 0.4) is 0 Å². The Kier molecular flexibility index (Phi) is 6.57. The number of para-hydroxylation sites is 1. The number of carbonyl (C=O) groups is 2. The van der Waals surface area contributed by atoms with Gasteiger partial charge in [0, 0.05) is 17.3 Å². The van der Waals surface area contributed by atoms with Crippen LogP contribution < -0.4 is 10.6 Å². The fourth-order valence-electron chi connectivity index (χ4n) is 2.58. The second-order valence-corrected chi connectivity index (χ2v) is 5.74. The van der Waals surface area contributed by atoms with Gasteiger partial charge in [0.05, 0.1) is 18.4 Å². The number of anilines is 3. The highest BCUT2D eigenvalue weighted by Crippen LogP contribution is 2.23. The molecular weight excluding hydrogens is 316 g/mol. The molecule has 132 valence electrons. The number of benzene rings is 2. The average molecular weight is 340 g/mol. The Balaban J connectivity index is 2.09. The number of hydrogen-bond acceptors (Lipinski definition) is 4. The standard InChI is InChI=1S/C20H24N2O3/c1-4-14(5-2)19(23)22-16-12-10-15(11-13-16)21-18-9-7-6-8-17(18)20(24)25-3/h6-14,21H,4-5H2,1-3H3,(H,22,23). The van der Waals surface area contributed by atoms with Gasteiger partial charge in [0.1, 0.15) is 0 Å². The quantitative estimate of drug-likeness (QED) is 0.723. The second kappa shape index (κ2) is 8.87. The molecule has 1 amide bonds. The summed E-state index contributed by atoms with van der Waals surface area (Å²) in [4.78, 5) is 23.9. The van der Waals surface area contributed by atoms with Crippen LogP contribution in [-0.4, -0.2) is 19.0 Å². The first-order chi connectivity index (χ1) is 12.1. The van der Waals surface area contributed by atoms with E-state index in [9.17, 15) is 9.59 Å². The molecule has 2 aromatic rings. The Morgan fingerprint density at radius 2 is 1.56 bits per heavy atom. The Hall–Kier alpha value is -2.82. The molecule has 0 aliphatic carbocycles. The SMILES string of the molecule is CCC(CC)C(=O)Nc1ccc(Nc2ccccc2C(=O)OC)cc1. The Morgan fingerprint density at radius 3 is 2.16 bits per heavy atom. The van der Waals surface area contributed by atoms with Crippen molar-refractivity contribution in [3.05, 3.63) is 54.1 Å². The monoisotopic (exact) mass is 340 g/mol. The van der Waals surface area contributed by atoms with E-state index in [0.29, 0.717) is 11.3 Å². The molecule has 0 saturated carbocycles. The molecular formula is C20H24N2O3. The first-order valence-corrected chi connectivity index (χ1v) is 8.44. The molecule has 0 radical (unpaired) electrons. The van der Waals surface area contributed by atoms with Crippen molar-refractivity contribution < 1.29 is 14.3 Å². The molecule has 0 saturated heterocycles. The predicted molar refractivity (Wildman–Crippen MR) is 100 cm³/mol. The van der Waals surface area contributed by atoms with Crippen molar-refractivity contribution in [1.29, 1.82) is 0 Å². The van der Waals surface area contributed by atoms with E-state index < -0.39 is 5.97 Å². The molecule has 2 aromatic carbocycles. The van der Waals surface area contributed by atoms with Crippen LogP contribution in [-0.2, 0) is 9.53 Å². The van der Waals surface area contributed by atoms with Crippen LogP contribution in [0.15, 0.2) is 48.5 Å². The van der Waals surface area contributed by atoms with Gasteiger partial charge in [-0.15, -0.1) is 0 Å². The van der Waals surface area contributed by atoms with Gasteiger partial charge < -0.3 is 15.4 Å². The van der Waals surface area contributed by atoms with Gasteiger partial charge in [-0.1, -0.05) is 26.0 Å². The molecule has 0 fully saturated rings. The van der Waals surface area contributed by atoms with E-state index in [1.807, 2.05) is 50.2 Å². The lowest BCUT2D eigenvalue weighted by Crippen LogP contribution is -2.21. The zero-order valence-electron chi connectivity index (χ0n) is 14.8. The van der Waals surface area contributed by atoms with E-state index in [1.54, 1.807) is 12.1 Å². The lowest BCUT2D eigenvalue weighted by atomic mass is 10.0. The van der Waals surface area contributed by atoms with Crippen LogP contribution in [0, 0.1) is 5.92 Å². The number of esters is 1. The highest BCUT2D eigenvalue weighted by Gasteiger charge is 2.14. The van der Waals surface area contributed by atoms with Gasteiger partial charge in [0.15, 0.2) is 0 Å². The van der Waals surface area contributed by atoms with Gasteiger partial charge in [-0.25, -0.2) is 4.79 Å². The number of rotatable bonds is 7. The second-order valence-electron chi connectivity index (χ2n) is 5.74. The summed E-state index contributed by atoms with van der Waals surface area (Å²) in [6.45, 7) is 4.03. The van der Waals surface area contributed by atoms with E-state index >= 15 is 0 Å². The van der Waals surface area contributed by atoms with E-state index in [2.05, 4.69) is 10.6 Å². The third kappa shape index (κ3) is 4.83. The number of carbonyl (C=O) groups excluding carboxylic acids is 2. The lowest BCUT2D eigenvalue weighted by molar-refractivity contribution is -0.120.